The lowest BCUT2D eigenvalue weighted by molar-refractivity contribution is -0.132. The fourth-order valence-electron chi connectivity index (χ4n) is 1.35. The summed E-state index contributed by atoms with van der Waals surface area (Å²) in [6.07, 6.45) is 2.29. The summed E-state index contributed by atoms with van der Waals surface area (Å²) in [5, 5.41) is 21.0. The minimum absolute atomic E-state index is 0.158. The minimum Gasteiger partial charge on any atom is -0.477 e. The Balaban J connectivity index is 3.35. The van der Waals surface area contributed by atoms with Gasteiger partial charge in [0.05, 0.1) is 5.70 Å². The lowest BCUT2D eigenvalue weighted by Crippen LogP contribution is -2.18. The number of carbonyl (C=O) groups is 1. The minimum atomic E-state index is -1.30. The van der Waals surface area contributed by atoms with Gasteiger partial charge in [0.15, 0.2) is 5.57 Å². The number of rotatable bonds is 5. The van der Waals surface area contributed by atoms with Crippen LogP contribution in [0.15, 0.2) is 23.9 Å². The van der Waals surface area contributed by atoms with Crippen molar-refractivity contribution in [3.8, 4) is 6.07 Å². The van der Waals surface area contributed by atoms with Crippen LogP contribution in [0.25, 0.3) is 5.70 Å². The number of nitriles is 1. The number of aromatic nitrogens is 1. The van der Waals surface area contributed by atoms with Gasteiger partial charge >= 0.3 is 5.97 Å². The van der Waals surface area contributed by atoms with E-state index in [9.17, 15) is 4.79 Å². The Kier molecular flexibility index (Phi) is 5.15. The van der Waals surface area contributed by atoms with Crippen molar-refractivity contribution in [3.05, 3.63) is 34.6 Å². The first-order valence-corrected chi connectivity index (χ1v) is 5.72. The van der Waals surface area contributed by atoms with Crippen molar-refractivity contribution in [2.75, 3.05) is 6.54 Å². The molecule has 1 aromatic heterocycles. The van der Waals surface area contributed by atoms with E-state index in [1.807, 2.05) is 6.92 Å². The maximum Gasteiger partial charge on any atom is 0.348 e. The summed E-state index contributed by atoms with van der Waals surface area (Å²) in [7, 11) is 0. The number of hydrogen-bond donors (Lipinski definition) is 2. The van der Waals surface area contributed by atoms with E-state index in [1.54, 1.807) is 18.2 Å². The maximum absolute atomic E-state index is 11.0. The second kappa shape index (κ2) is 6.62. The molecule has 0 fully saturated rings. The molecule has 0 unspecified atom stereocenters. The molecule has 1 aromatic rings. The number of aliphatic carboxylic acids is 1. The predicted octanol–water partition coefficient (Wildman–Crippen LogP) is 2.05. The van der Waals surface area contributed by atoms with Gasteiger partial charge in [-0.3, -0.25) is 0 Å². The standard InChI is InChI=1S/C12H12ClN3O2/c1-2-5-15-10(9(7-14)12(17)18)8-4-3-6-16-11(8)13/h3-4,6,15H,2,5H2,1H3,(H,17,18). The van der Waals surface area contributed by atoms with Crippen LogP contribution in [0.5, 0.6) is 0 Å². The Morgan fingerprint density at radius 3 is 2.89 bits per heavy atom. The van der Waals surface area contributed by atoms with Crippen LogP contribution in [-0.4, -0.2) is 22.6 Å². The summed E-state index contributed by atoms with van der Waals surface area (Å²) < 4.78 is 0. The molecule has 0 aliphatic rings. The molecule has 6 heteroatoms. The Labute approximate surface area is 110 Å². The van der Waals surface area contributed by atoms with Crippen LogP contribution in [0.4, 0.5) is 0 Å². The van der Waals surface area contributed by atoms with Crippen molar-refractivity contribution in [3.63, 3.8) is 0 Å². The van der Waals surface area contributed by atoms with Gasteiger partial charge in [0.1, 0.15) is 11.2 Å². The van der Waals surface area contributed by atoms with Gasteiger partial charge in [-0.25, -0.2) is 9.78 Å². The van der Waals surface area contributed by atoms with Gasteiger partial charge in [-0.15, -0.1) is 0 Å². The van der Waals surface area contributed by atoms with Crippen LogP contribution in [0.3, 0.4) is 0 Å². The Hall–Kier alpha value is -2.06. The molecule has 0 atom stereocenters. The fourth-order valence-corrected chi connectivity index (χ4v) is 1.57. The fraction of sp³-hybridized carbons (Fsp3) is 0.250. The molecule has 0 radical (unpaired) electrons. The van der Waals surface area contributed by atoms with Crippen molar-refractivity contribution in [2.24, 2.45) is 0 Å². The Bertz CT molecular complexity index is 520. The second-order valence-corrected chi connectivity index (χ2v) is 3.79. The normalized spacial score (nSPS) is 11.4. The average Bonchev–Trinajstić information content (AvgIpc) is 2.35. The molecule has 18 heavy (non-hydrogen) atoms. The van der Waals surface area contributed by atoms with Crippen molar-refractivity contribution in [1.29, 1.82) is 5.26 Å². The van der Waals surface area contributed by atoms with Crippen LogP contribution in [0.1, 0.15) is 18.9 Å². The highest BCUT2D eigenvalue weighted by atomic mass is 35.5. The average molecular weight is 266 g/mol. The summed E-state index contributed by atoms with van der Waals surface area (Å²) in [5.74, 6) is -1.30. The second-order valence-electron chi connectivity index (χ2n) is 3.44. The van der Waals surface area contributed by atoms with E-state index in [2.05, 4.69) is 10.3 Å². The highest BCUT2D eigenvalue weighted by Gasteiger charge is 2.17. The van der Waals surface area contributed by atoms with Gasteiger partial charge in [0.2, 0.25) is 0 Å². The number of carboxylic acids is 1. The maximum atomic E-state index is 11.0. The number of carboxylic acid groups (broad SMARTS) is 1. The lowest BCUT2D eigenvalue weighted by Gasteiger charge is -2.12. The van der Waals surface area contributed by atoms with Crippen LogP contribution in [0, 0.1) is 11.3 Å². The molecule has 2 N–H and O–H groups in total. The van der Waals surface area contributed by atoms with Gasteiger partial charge in [0, 0.05) is 18.3 Å². The summed E-state index contributed by atoms with van der Waals surface area (Å²) in [6, 6.07) is 4.92. The van der Waals surface area contributed by atoms with Crippen LogP contribution < -0.4 is 5.32 Å². The van der Waals surface area contributed by atoms with Crippen LogP contribution in [0.2, 0.25) is 5.15 Å². The van der Waals surface area contributed by atoms with Gasteiger partial charge in [-0.05, 0) is 18.6 Å². The van der Waals surface area contributed by atoms with E-state index < -0.39 is 5.97 Å². The van der Waals surface area contributed by atoms with E-state index in [4.69, 9.17) is 22.0 Å². The molecule has 0 saturated carbocycles. The number of nitrogens with zero attached hydrogens (tertiary/aromatic N) is 2. The third-order valence-corrected chi connectivity index (χ3v) is 2.46. The zero-order valence-electron chi connectivity index (χ0n) is 9.77. The van der Waals surface area contributed by atoms with E-state index >= 15 is 0 Å². The van der Waals surface area contributed by atoms with Crippen molar-refractivity contribution in [1.82, 2.24) is 10.3 Å². The van der Waals surface area contributed by atoms with Gasteiger partial charge in [-0.2, -0.15) is 5.26 Å². The molecule has 1 heterocycles. The molecule has 0 aliphatic carbocycles. The monoisotopic (exact) mass is 265 g/mol. The summed E-state index contributed by atoms with van der Waals surface area (Å²) >= 11 is 5.92. The lowest BCUT2D eigenvalue weighted by atomic mass is 10.1. The van der Waals surface area contributed by atoms with Crippen molar-refractivity contribution in [2.45, 2.75) is 13.3 Å². The first-order chi connectivity index (χ1) is 8.61. The summed E-state index contributed by atoms with van der Waals surface area (Å²) in [4.78, 5) is 14.9. The number of pyridine rings is 1. The van der Waals surface area contributed by atoms with Gasteiger partial charge in [-0.1, -0.05) is 18.5 Å². The van der Waals surface area contributed by atoms with Crippen LogP contribution in [-0.2, 0) is 4.79 Å². The zero-order valence-corrected chi connectivity index (χ0v) is 10.5. The molecule has 94 valence electrons. The summed E-state index contributed by atoms with van der Waals surface area (Å²) in [6.45, 7) is 2.47. The molecular weight excluding hydrogens is 254 g/mol. The molecule has 0 saturated heterocycles. The SMILES string of the molecule is CCCNC(=C(C#N)C(=O)O)c1cccnc1Cl. The zero-order chi connectivity index (χ0) is 13.5. The van der Waals surface area contributed by atoms with Crippen molar-refractivity contribution >= 4 is 23.3 Å². The highest BCUT2D eigenvalue weighted by Crippen LogP contribution is 2.22. The molecule has 5 nitrogen and oxygen atoms in total. The third kappa shape index (κ3) is 3.22. The van der Waals surface area contributed by atoms with E-state index in [-0.39, 0.29) is 16.4 Å². The Morgan fingerprint density at radius 2 is 2.39 bits per heavy atom. The molecular formula is C12H12ClN3O2. The smallest absolute Gasteiger partial charge is 0.348 e. The molecule has 0 aliphatic heterocycles. The first-order valence-electron chi connectivity index (χ1n) is 5.34. The van der Waals surface area contributed by atoms with E-state index in [0.717, 1.165) is 6.42 Å². The summed E-state index contributed by atoms with van der Waals surface area (Å²) in [5.41, 5.74) is 0.231. The van der Waals surface area contributed by atoms with Gasteiger partial charge < -0.3 is 10.4 Å². The first kappa shape index (κ1) is 14.0. The molecule has 1 rings (SSSR count). The topological polar surface area (TPSA) is 86.0 Å². The highest BCUT2D eigenvalue weighted by molar-refractivity contribution is 6.31. The van der Waals surface area contributed by atoms with Crippen molar-refractivity contribution < 1.29 is 9.90 Å². The third-order valence-electron chi connectivity index (χ3n) is 2.16. The molecule has 0 spiro atoms. The van der Waals surface area contributed by atoms with Crippen LogP contribution >= 0.6 is 11.6 Å². The predicted molar refractivity (Wildman–Crippen MR) is 67.7 cm³/mol. The molecule has 0 amide bonds. The van der Waals surface area contributed by atoms with E-state index in [0.29, 0.717) is 12.1 Å². The van der Waals surface area contributed by atoms with E-state index in [1.165, 1.54) is 6.20 Å². The molecule has 0 aromatic carbocycles. The number of halogens is 1. The Morgan fingerprint density at radius 1 is 1.67 bits per heavy atom. The van der Waals surface area contributed by atoms with Gasteiger partial charge in [0.25, 0.3) is 0 Å². The quantitative estimate of drug-likeness (QED) is 0.483. The molecule has 0 bridgehead atoms. The largest absolute Gasteiger partial charge is 0.477 e. The number of nitrogens with one attached hydrogen (secondary N) is 1. The number of hydrogen-bond acceptors (Lipinski definition) is 4.